The van der Waals surface area contributed by atoms with Crippen LogP contribution in [0.1, 0.15) is 26.3 Å². The molecule has 0 radical (unpaired) electrons. The Balaban J connectivity index is 1.75. The molecule has 1 fully saturated rings. The molecule has 24 heavy (non-hydrogen) atoms. The lowest BCUT2D eigenvalue weighted by Gasteiger charge is -2.40. The molecule has 0 spiro atoms. The second kappa shape index (κ2) is 8.84. The summed E-state index contributed by atoms with van der Waals surface area (Å²) in [6, 6.07) is 3.52. The molecule has 0 aliphatic carbocycles. The van der Waals surface area contributed by atoms with E-state index < -0.39 is 0 Å². The number of aromatic nitrogens is 1. The lowest BCUT2D eigenvalue weighted by molar-refractivity contribution is -0.00874. The smallest absolute Gasteiger partial charge is 0.315 e. The summed E-state index contributed by atoms with van der Waals surface area (Å²) < 4.78 is 10.7. The van der Waals surface area contributed by atoms with Gasteiger partial charge in [0.15, 0.2) is 0 Å². The summed E-state index contributed by atoms with van der Waals surface area (Å²) in [6.07, 6.45) is 1.68. The summed E-state index contributed by atoms with van der Waals surface area (Å²) in [5, 5.41) is 5.82. The third-order valence-electron chi connectivity index (χ3n) is 4.09. The maximum Gasteiger partial charge on any atom is 0.315 e. The first kappa shape index (κ1) is 18.5. The minimum atomic E-state index is -0.175. The Bertz CT molecular complexity index is 530. The van der Waals surface area contributed by atoms with Gasteiger partial charge in [0.25, 0.3) is 0 Å². The Morgan fingerprint density at radius 3 is 2.83 bits per heavy atom. The molecule has 0 unspecified atom stereocenters. The van der Waals surface area contributed by atoms with Crippen LogP contribution in [0.5, 0.6) is 5.88 Å². The number of urea groups is 1. The van der Waals surface area contributed by atoms with Crippen LogP contribution in [-0.2, 0) is 11.3 Å². The molecule has 1 saturated heterocycles. The zero-order chi connectivity index (χ0) is 17.4. The van der Waals surface area contributed by atoms with E-state index in [1.807, 2.05) is 19.1 Å². The van der Waals surface area contributed by atoms with Crippen molar-refractivity contribution in [2.45, 2.75) is 32.9 Å². The molecule has 1 aromatic heterocycles. The van der Waals surface area contributed by atoms with Crippen LogP contribution in [-0.4, -0.2) is 60.9 Å². The van der Waals surface area contributed by atoms with Gasteiger partial charge in [0.1, 0.15) is 0 Å². The predicted octanol–water partition coefficient (Wildman–Crippen LogP) is 1.39. The van der Waals surface area contributed by atoms with Crippen LogP contribution in [0.2, 0.25) is 0 Å². The van der Waals surface area contributed by atoms with Crippen molar-refractivity contribution in [1.82, 2.24) is 20.5 Å². The van der Waals surface area contributed by atoms with Crippen LogP contribution in [0.15, 0.2) is 18.3 Å². The van der Waals surface area contributed by atoms with E-state index in [4.69, 9.17) is 9.47 Å². The third-order valence-corrected chi connectivity index (χ3v) is 4.09. The lowest BCUT2D eigenvalue weighted by Crippen LogP contribution is -2.56. The monoisotopic (exact) mass is 336 g/mol. The Morgan fingerprint density at radius 2 is 2.12 bits per heavy atom. The molecular formula is C17H28N4O3. The van der Waals surface area contributed by atoms with Gasteiger partial charge in [-0.2, -0.15) is 0 Å². The highest BCUT2D eigenvalue weighted by Crippen LogP contribution is 2.15. The third kappa shape index (κ3) is 5.65. The predicted molar refractivity (Wildman–Crippen MR) is 92.1 cm³/mol. The zero-order valence-electron chi connectivity index (χ0n) is 14.8. The first-order chi connectivity index (χ1) is 11.5. The van der Waals surface area contributed by atoms with Crippen molar-refractivity contribution in [3.8, 4) is 5.88 Å². The van der Waals surface area contributed by atoms with Gasteiger partial charge in [-0.15, -0.1) is 0 Å². The molecule has 2 amide bonds. The van der Waals surface area contributed by atoms with E-state index >= 15 is 0 Å². The Hall–Kier alpha value is -1.86. The van der Waals surface area contributed by atoms with Crippen LogP contribution < -0.4 is 15.4 Å². The van der Waals surface area contributed by atoms with E-state index in [1.54, 1.807) is 6.20 Å². The molecule has 0 atom stereocenters. The van der Waals surface area contributed by atoms with Crippen molar-refractivity contribution in [1.29, 1.82) is 0 Å². The zero-order valence-corrected chi connectivity index (χ0v) is 14.8. The molecule has 0 aromatic carbocycles. The Morgan fingerprint density at radius 1 is 1.38 bits per heavy atom. The van der Waals surface area contributed by atoms with Crippen molar-refractivity contribution >= 4 is 6.03 Å². The largest absolute Gasteiger partial charge is 0.478 e. The quantitative estimate of drug-likeness (QED) is 0.787. The van der Waals surface area contributed by atoms with E-state index in [0.717, 1.165) is 31.9 Å². The molecule has 2 heterocycles. The fourth-order valence-corrected chi connectivity index (χ4v) is 2.61. The van der Waals surface area contributed by atoms with E-state index in [2.05, 4.69) is 34.4 Å². The number of rotatable bonds is 7. The van der Waals surface area contributed by atoms with Crippen LogP contribution in [0, 0.1) is 0 Å². The normalized spacial score (nSPS) is 15.8. The number of nitrogens with zero attached hydrogens (tertiary/aromatic N) is 2. The number of nitrogens with one attached hydrogen (secondary N) is 2. The lowest BCUT2D eigenvalue weighted by atomic mass is 10.0. The van der Waals surface area contributed by atoms with E-state index in [-0.39, 0.29) is 11.6 Å². The number of ether oxygens (including phenoxy) is 2. The van der Waals surface area contributed by atoms with Gasteiger partial charge < -0.3 is 20.1 Å². The molecule has 2 N–H and O–H groups in total. The number of hydrogen-bond acceptors (Lipinski definition) is 5. The van der Waals surface area contributed by atoms with Gasteiger partial charge in [-0.1, -0.05) is 0 Å². The fourth-order valence-electron chi connectivity index (χ4n) is 2.61. The van der Waals surface area contributed by atoms with E-state index in [1.165, 1.54) is 0 Å². The standard InChI is InChI=1S/C17H28N4O3/c1-4-24-15-11-14(5-6-18-15)12-19-16(22)20-13-17(2,3)21-7-9-23-10-8-21/h5-6,11H,4,7-10,12-13H2,1-3H3,(H2,19,20,22). The number of amides is 2. The summed E-state index contributed by atoms with van der Waals surface area (Å²) in [4.78, 5) is 18.5. The van der Waals surface area contributed by atoms with Gasteiger partial charge in [0.05, 0.1) is 19.8 Å². The molecule has 2 rings (SSSR count). The summed E-state index contributed by atoms with van der Waals surface area (Å²) in [7, 11) is 0. The minimum absolute atomic E-state index is 0.0973. The Labute approximate surface area is 143 Å². The highest BCUT2D eigenvalue weighted by molar-refractivity contribution is 5.73. The highest BCUT2D eigenvalue weighted by Gasteiger charge is 2.28. The number of carbonyl (C=O) groups excluding carboxylic acids is 1. The summed E-state index contributed by atoms with van der Waals surface area (Å²) in [5.41, 5.74) is 0.857. The second-order valence-electron chi connectivity index (χ2n) is 6.38. The first-order valence-corrected chi connectivity index (χ1v) is 8.43. The van der Waals surface area contributed by atoms with Crippen molar-refractivity contribution in [2.24, 2.45) is 0 Å². The molecule has 134 valence electrons. The van der Waals surface area contributed by atoms with Crippen LogP contribution in [0.25, 0.3) is 0 Å². The van der Waals surface area contributed by atoms with Crippen molar-refractivity contribution < 1.29 is 14.3 Å². The van der Waals surface area contributed by atoms with Crippen LogP contribution in [0.3, 0.4) is 0 Å². The number of morpholine rings is 1. The molecule has 7 heteroatoms. The average Bonchev–Trinajstić information content (AvgIpc) is 2.60. The minimum Gasteiger partial charge on any atom is -0.478 e. The number of hydrogen-bond donors (Lipinski definition) is 2. The Kier molecular flexibility index (Phi) is 6.81. The maximum absolute atomic E-state index is 12.0. The molecular weight excluding hydrogens is 308 g/mol. The molecule has 1 aliphatic rings. The van der Waals surface area contributed by atoms with Gasteiger partial charge in [0, 0.05) is 44.0 Å². The SMILES string of the molecule is CCOc1cc(CNC(=O)NCC(C)(C)N2CCOCC2)ccn1. The highest BCUT2D eigenvalue weighted by atomic mass is 16.5. The van der Waals surface area contributed by atoms with Gasteiger partial charge in [-0.25, -0.2) is 9.78 Å². The molecule has 1 aromatic rings. The second-order valence-corrected chi connectivity index (χ2v) is 6.38. The average molecular weight is 336 g/mol. The summed E-state index contributed by atoms with van der Waals surface area (Å²) in [5.74, 6) is 0.575. The van der Waals surface area contributed by atoms with Gasteiger partial charge >= 0.3 is 6.03 Å². The number of pyridine rings is 1. The van der Waals surface area contributed by atoms with Crippen molar-refractivity contribution in [2.75, 3.05) is 39.5 Å². The maximum atomic E-state index is 12.0. The number of carbonyl (C=O) groups is 1. The van der Waals surface area contributed by atoms with Crippen LogP contribution in [0.4, 0.5) is 4.79 Å². The van der Waals surface area contributed by atoms with Crippen molar-refractivity contribution in [3.05, 3.63) is 23.9 Å². The fraction of sp³-hybridized carbons (Fsp3) is 0.647. The molecule has 0 bridgehead atoms. The first-order valence-electron chi connectivity index (χ1n) is 8.43. The van der Waals surface area contributed by atoms with Crippen molar-refractivity contribution in [3.63, 3.8) is 0 Å². The van der Waals surface area contributed by atoms with E-state index in [9.17, 15) is 4.79 Å². The van der Waals surface area contributed by atoms with Crippen LogP contribution >= 0.6 is 0 Å². The molecule has 7 nitrogen and oxygen atoms in total. The van der Waals surface area contributed by atoms with Gasteiger partial charge in [-0.05, 0) is 32.4 Å². The molecule has 0 saturated carbocycles. The van der Waals surface area contributed by atoms with Gasteiger partial charge in [-0.3, -0.25) is 4.90 Å². The summed E-state index contributed by atoms with van der Waals surface area (Å²) >= 11 is 0. The topological polar surface area (TPSA) is 75.7 Å². The van der Waals surface area contributed by atoms with Gasteiger partial charge in [0.2, 0.25) is 5.88 Å². The summed E-state index contributed by atoms with van der Waals surface area (Å²) in [6.45, 7) is 11.1. The molecule has 1 aliphatic heterocycles. The van der Waals surface area contributed by atoms with E-state index in [0.29, 0.717) is 25.6 Å².